The largest absolute Gasteiger partial charge is 0.399 e. The summed E-state index contributed by atoms with van der Waals surface area (Å²) in [6.45, 7) is 1.82. The Morgan fingerprint density at radius 2 is 1.60 bits per heavy atom. The molecule has 7 nitrogen and oxygen atoms in total. The first kappa shape index (κ1) is 18.9. The van der Waals surface area contributed by atoms with E-state index in [1.807, 2.05) is 6.92 Å². The van der Waals surface area contributed by atoms with E-state index in [1.54, 1.807) is 30.3 Å². The van der Waals surface area contributed by atoms with Gasteiger partial charge in [0.25, 0.3) is 21.9 Å². The average Bonchev–Trinajstić information content (AvgIpc) is 2.71. The first-order valence-corrected chi connectivity index (χ1v) is 9.18. The van der Waals surface area contributed by atoms with Crippen LogP contribution in [-0.2, 0) is 10.1 Å². The number of carbonyl (C=O) groups excluding carboxylic acids is 2. The highest BCUT2D eigenvalue weighted by Crippen LogP contribution is 2.32. The number of aryl methyl sites for hydroxylation is 1. The number of rotatable bonds is 1. The molecule has 0 radical (unpaired) electrons. The van der Waals surface area contributed by atoms with Gasteiger partial charge in [0.2, 0.25) is 0 Å². The van der Waals surface area contributed by atoms with E-state index in [0.29, 0.717) is 33.8 Å². The third-order valence-corrected chi connectivity index (χ3v) is 3.56. The molecular formula is C16H15ClN2O5S. The molecule has 1 aliphatic heterocycles. The van der Waals surface area contributed by atoms with E-state index in [1.165, 1.54) is 6.07 Å². The summed E-state index contributed by atoms with van der Waals surface area (Å²) >= 11 is 5.88. The summed E-state index contributed by atoms with van der Waals surface area (Å²) in [6.07, 6.45) is 0.715. The van der Waals surface area contributed by atoms with Gasteiger partial charge in [-0.2, -0.15) is 8.42 Å². The predicted octanol–water partition coefficient (Wildman–Crippen LogP) is 2.54. The monoisotopic (exact) mass is 382 g/mol. The van der Waals surface area contributed by atoms with Gasteiger partial charge in [-0.15, -0.1) is 0 Å². The summed E-state index contributed by atoms with van der Waals surface area (Å²) in [7, 11) is -3.67. The van der Waals surface area contributed by atoms with Crippen LogP contribution < -0.4 is 10.6 Å². The second-order valence-electron chi connectivity index (χ2n) is 5.41. The molecule has 1 aliphatic rings. The zero-order valence-electron chi connectivity index (χ0n) is 13.4. The molecule has 0 unspecified atom stereocenters. The Hall–Kier alpha value is -2.42. The fraction of sp³-hybridized carbons (Fsp3) is 0.125. The lowest BCUT2D eigenvalue weighted by Gasteiger charge is -2.17. The zero-order chi connectivity index (χ0) is 18.9. The predicted molar refractivity (Wildman–Crippen MR) is 95.7 cm³/mol. The smallest absolute Gasteiger partial charge is 0.266 e. The zero-order valence-corrected chi connectivity index (χ0v) is 14.9. The number of halogens is 1. The molecule has 3 N–H and O–H groups in total. The summed E-state index contributed by atoms with van der Waals surface area (Å²) in [5.74, 6) is -0.725. The molecule has 2 amide bonds. The number of nitrogens with zero attached hydrogens (tertiary/aromatic N) is 1. The van der Waals surface area contributed by atoms with Gasteiger partial charge in [0.05, 0.1) is 23.1 Å². The van der Waals surface area contributed by atoms with Crippen LogP contribution in [0.15, 0.2) is 36.4 Å². The van der Waals surface area contributed by atoms with E-state index in [0.717, 1.165) is 10.5 Å². The Morgan fingerprint density at radius 1 is 1.04 bits per heavy atom. The number of nitrogen functional groups attached to an aromatic ring is 1. The number of benzene rings is 2. The lowest BCUT2D eigenvalue weighted by molar-refractivity contribution is 0.0926. The van der Waals surface area contributed by atoms with Crippen molar-refractivity contribution in [2.24, 2.45) is 0 Å². The minimum atomic E-state index is -3.67. The molecule has 9 heteroatoms. The highest BCUT2D eigenvalue weighted by atomic mass is 35.5. The van der Waals surface area contributed by atoms with Gasteiger partial charge in [-0.05, 0) is 42.8 Å². The highest BCUT2D eigenvalue weighted by Gasteiger charge is 2.37. The van der Waals surface area contributed by atoms with Crippen molar-refractivity contribution in [3.63, 3.8) is 0 Å². The van der Waals surface area contributed by atoms with Crippen LogP contribution in [0.25, 0.3) is 0 Å². The number of anilines is 2. The van der Waals surface area contributed by atoms with Crippen LogP contribution in [0.4, 0.5) is 11.4 Å². The molecule has 2 aromatic carbocycles. The molecule has 0 spiro atoms. The van der Waals surface area contributed by atoms with Crippen LogP contribution in [0.5, 0.6) is 0 Å². The van der Waals surface area contributed by atoms with E-state index in [9.17, 15) is 18.0 Å². The topological polar surface area (TPSA) is 118 Å². The van der Waals surface area contributed by atoms with Gasteiger partial charge in [-0.25, -0.2) is 4.90 Å². The lowest BCUT2D eigenvalue weighted by atomic mass is 10.1. The second-order valence-corrected chi connectivity index (χ2v) is 7.32. The van der Waals surface area contributed by atoms with Gasteiger partial charge in [-0.3, -0.25) is 14.1 Å². The molecule has 0 saturated heterocycles. The molecule has 0 atom stereocenters. The summed E-state index contributed by atoms with van der Waals surface area (Å²) in [6, 6.07) is 9.81. The molecule has 0 fully saturated rings. The Balaban J connectivity index is 0.000000399. The number of imide groups is 1. The van der Waals surface area contributed by atoms with Crippen molar-refractivity contribution < 1.29 is 22.6 Å². The molecule has 1 heterocycles. The molecule has 0 aromatic heterocycles. The maximum Gasteiger partial charge on any atom is 0.266 e. The summed E-state index contributed by atoms with van der Waals surface area (Å²) in [5.41, 5.74) is 8.24. The molecule has 25 heavy (non-hydrogen) atoms. The van der Waals surface area contributed by atoms with Crippen LogP contribution in [-0.4, -0.2) is 31.0 Å². The SMILES string of the molecule is CS(=O)(=O)O.Cc1ccc(N)cc1N1C(=O)c2ccc(Cl)cc2C1=O. The third-order valence-electron chi connectivity index (χ3n) is 3.32. The van der Waals surface area contributed by atoms with E-state index < -0.39 is 10.1 Å². The van der Waals surface area contributed by atoms with Gasteiger partial charge in [-0.1, -0.05) is 17.7 Å². The maximum absolute atomic E-state index is 12.4. The molecular weight excluding hydrogens is 368 g/mol. The molecule has 2 aromatic rings. The maximum atomic E-state index is 12.4. The van der Waals surface area contributed by atoms with Gasteiger partial charge < -0.3 is 5.73 Å². The van der Waals surface area contributed by atoms with E-state index in [-0.39, 0.29) is 11.8 Å². The van der Waals surface area contributed by atoms with Crippen molar-refractivity contribution in [1.82, 2.24) is 0 Å². The molecule has 132 valence electrons. The van der Waals surface area contributed by atoms with E-state index in [2.05, 4.69) is 0 Å². The number of fused-ring (bicyclic) bond motifs is 1. The second kappa shape index (κ2) is 6.83. The number of hydrogen-bond acceptors (Lipinski definition) is 5. The lowest BCUT2D eigenvalue weighted by Crippen LogP contribution is -2.30. The van der Waals surface area contributed by atoms with Gasteiger partial charge in [0, 0.05) is 10.7 Å². The van der Waals surface area contributed by atoms with Crippen molar-refractivity contribution in [2.75, 3.05) is 16.9 Å². The minimum Gasteiger partial charge on any atom is -0.399 e. The third kappa shape index (κ3) is 4.36. The Labute approximate surface area is 149 Å². The van der Waals surface area contributed by atoms with Crippen LogP contribution in [0.2, 0.25) is 5.02 Å². The normalized spacial score (nSPS) is 13.4. The Morgan fingerprint density at radius 3 is 2.20 bits per heavy atom. The van der Waals surface area contributed by atoms with Crippen molar-refractivity contribution in [2.45, 2.75) is 6.92 Å². The van der Waals surface area contributed by atoms with Gasteiger partial charge in [0.15, 0.2) is 0 Å². The van der Waals surface area contributed by atoms with Crippen LogP contribution in [0.1, 0.15) is 26.3 Å². The molecule has 3 rings (SSSR count). The highest BCUT2D eigenvalue weighted by molar-refractivity contribution is 7.85. The molecule has 0 saturated carbocycles. The van der Waals surface area contributed by atoms with E-state index in [4.69, 9.17) is 21.9 Å². The molecule has 0 aliphatic carbocycles. The van der Waals surface area contributed by atoms with Gasteiger partial charge >= 0.3 is 0 Å². The summed E-state index contributed by atoms with van der Waals surface area (Å²) in [5, 5.41) is 0.427. The van der Waals surface area contributed by atoms with Crippen LogP contribution in [0.3, 0.4) is 0 Å². The first-order chi connectivity index (χ1) is 11.5. The van der Waals surface area contributed by atoms with Crippen molar-refractivity contribution >= 4 is 44.9 Å². The Kier molecular flexibility index (Phi) is 5.17. The van der Waals surface area contributed by atoms with Crippen molar-refractivity contribution in [1.29, 1.82) is 0 Å². The number of carbonyl (C=O) groups is 2. The van der Waals surface area contributed by atoms with Crippen LogP contribution >= 0.6 is 11.6 Å². The molecule has 0 bridgehead atoms. The fourth-order valence-corrected chi connectivity index (χ4v) is 2.47. The van der Waals surface area contributed by atoms with Crippen molar-refractivity contribution in [3.8, 4) is 0 Å². The minimum absolute atomic E-state index is 0.323. The summed E-state index contributed by atoms with van der Waals surface area (Å²) in [4.78, 5) is 26.0. The quantitative estimate of drug-likeness (QED) is 0.444. The van der Waals surface area contributed by atoms with E-state index >= 15 is 0 Å². The number of amides is 2. The standard InChI is InChI=1S/C15H11ClN2O2.CH4O3S/c1-8-2-4-10(17)7-13(8)18-14(19)11-5-3-9(16)6-12(11)15(18)20;1-5(2,3)4/h2-7H,17H2,1H3;1H3,(H,2,3,4). The van der Waals surface area contributed by atoms with Crippen LogP contribution in [0, 0.1) is 6.92 Å². The average molecular weight is 383 g/mol. The number of hydrogen-bond donors (Lipinski definition) is 2. The first-order valence-electron chi connectivity index (χ1n) is 6.96. The summed E-state index contributed by atoms with van der Waals surface area (Å²) < 4.78 is 25.9. The van der Waals surface area contributed by atoms with Crippen molar-refractivity contribution in [3.05, 3.63) is 58.1 Å². The fourth-order valence-electron chi connectivity index (χ4n) is 2.30. The van der Waals surface area contributed by atoms with Gasteiger partial charge in [0.1, 0.15) is 0 Å². The Bertz CT molecular complexity index is 964. The number of nitrogens with two attached hydrogens (primary N) is 1.